The molecular formula is C22H27FN4O2. The van der Waals surface area contributed by atoms with Crippen LogP contribution in [0.2, 0.25) is 0 Å². The number of rotatable bonds is 7. The first-order valence-corrected chi connectivity index (χ1v) is 9.87. The van der Waals surface area contributed by atoms with Crippen molar-refractivity contribution in [3.05, 3.63) is 52.6 Å². The summed E-state index contributed by atoms with van der Waals surface area (Å²) in [5.74, 6) is -0.826. The summed E-state index contributed by atoms with van der Waals surface area (Å²) in [4.78, 5) is 27.3. The van der Waals surface area contributed by atoms with E-state index in [-0.39, 0.29) is 11.8 Å². The molecule has 6 nitrogen and oxygen atoms in total. The second-order valence-electron chi connectivity index (χ2n) is 7.15. The van der Waals surface area contributed by atoms with Crippen molar-refractivity contribution in [1.82, 2.24) is 14.8 Å². The molecule has 0 unspecified atom stereocenters. The van der Waals surface area contributed by atoms with E-state index in [4.69, 9.17) is 0 Å². The van der Waals surface area contributed by atoms with Gasteiger partial charge in [0.15, 0.2) is 0 Å². The molecule has 2 N–H and O–H groups in total. The first kappa shape index (κ1) is 20.8. The van der Waals surface area contributed by atoms with Crippen molar-refractivity contribution in [3.63, 3.8) is 0 Å². The summed E-state index contributed by atoms with van der Waals surface area (Å²) in [6.45, 7) is 11.1. The van der Waals surface area contributed by atoms with Gasteiger partial charge >= 0.3 is 0 Å². The van der Waals surface area contributed by atoms with Gasteiger partial charge in [-0.1, -0.05) is 13.8 Å². The van der Waals surface area contributed by atoms with Crippen molar-refractivity contribution in [2.24, 2.45) is 0 Å². The number of benzene rings is 1. The average molecular weight is 398 g/mol. The third-order valence-corrected chi connectivity index (χ3v) is 5.34. The van der Waals surface area contributed by atoms with Crippen LogP contribution in [-0.2, 0) is 4.79 Å². The van der Waals surface area contributed by atoms with Crippen LogP contribution in [0.15, 0.2) is 24.4 Å². The quantitative estimate of drug-likeness (QED) is 0.704. The average Bonchev–Trinajstić information content (AvgIpc) is 3.14. The summed E-state index contributed by atoms with van der Waals surface area (Å²) in [5, 5.41) is 5.71. The van der Waals surface area contributed by atoms with Crippen LogP contribution in [-0.4, -0.2) is 47.5 Å². The van der Waals surface area contributed by atoms with Crippen LogP contribution in [0, 0.1) is 19.7 Å². The van der Waals surface area contributed by atoms with Crippen LogP contribution < -0.4 is 10.6 Å². The van der Waals surface area contributed by atoms with Crippen LogP contribution in [0.25, 0.3) is 11.8 Å². The molecule has 0 bridgehead atoms. The minimum Gasteiger partial charge on any atom is -0.351 e. The Morgan fingerprint density at radius 2 is 2.00 bits per heavy atom. The Morgan fingerprint density at radius 1 is 1.28 bits per heavy atom. The normalized spacial score (nSPS) is 14.4. The van der Waals surface area contributed by atoms with Gasteiger partial charge in [0.25, 0.3) is 11.8 Å². The number of nitrogens with one attached hydrogen (secondary N) is 2. The fourth-order valence-corrected chi connectivity index (χ4v) is 3.65. The van der Waals surface area contributed by atoms with Crippen molar-refractivity contribution in [3.8, 4) is 0 Å². The number of aryl methyl sites for hydroxylation is 1. The lowest BCUT2D eigenvalue weighted by Crippen LogP contribution is -2.35. The molecular weight excluding hydrogens is 371 g/mol. The largest absolute Gasteiger partial charge is 0.351 e. The summed E-state index contributed by atoms with van der Waals surface area (Å²) in [5.41, 5.74) is 3.61. The van der Waals surface area contributed by atoms with E-state index in [1.54, 1.807) is 16.8 Å². The van der Waals surface area contributed by atoms with E-state index in [2.05, 4.69) is 29.4 Å². The number of fused-ring (bicyclic) bond motifs is 1. The summed E-state index contributed by atoms with van der Waals surface area (Å²) in [6, 6.07) is 4.20. The molecule has 1 aliphatic heterocycles. The van der Waals surface area contributed by atoms with Crippen LogP contribution in [0.3, 0.4) is 0 Å². The number of hydrogen-bond donors (Lipinski definition) is 2. The molecule has 1 aliphatic rings. The van der Waals surface area contributed by atoms with E-state index in [0.29, 0.717) is 28.9 Å². The lowest BCUT2D eigenvalue weighted by Gasteiger charge is -2.18. The summed E-state index contributed by atoms with van der Waals surface area (Å²) < 4.78 is 15.4. The van der Waals surface area contributed by atoms with Gasteiger partial charge in [0.1, 0.15) is 5.82 Å². The summed E-state index contributed by atoms with van der Waals surface area (Å²) in [6.07, 6.45) is 3.46. The third kappa shape index (κ3) is 4.24. The van der Waals surface area contributed by atoms with E-state index in [9.17, 15) is 14.0 Å². The van der Waals surface area contributed by atoms with Gasteiger partial charge in [0.2, 0.25) is 0 Å². The molecule has 7 heteroatoms. The minimum atomic E-state index is -0.403. The number of likely N-dealkylation sites (N-methyl/N-ethyl adjacent to an activating group) is 1. The Labute approximate surface area is 170 Å². The molecule has 3 rings (SSSR count). The number of carbonyl (C=O) groups is 2. The highest BCUT2D eigenvalue weighted by molar-refractivity contribution is 6.34. The van der Waals surface area contributed by atoms with Crippen molar-refractivity contribution in [1.29, 1.82) is 0 Å². The maximum absolute atomic E-state index is 13.7. The van der Waals surface area contributed by atoms with E-state index in [1.165, 1.54) is 12.1 Å². The van der Waals surface area contributed by atoms with Crippen LogP contribution in [0.4, 0.5) is 10.1 Å². The monoisotopic (exact) mass is 398 g/mol. The van der Waals surface area contributed by atoms with Gasteiger partial charge in [-0.2, -0.15) is 0 Å². The molecule has 2 heterocycles. The zero-order chi connectivity index (χ0) is 21.1. The number of carbonyl (C=O) groups excluding carboxylic acids is 2. The number of anilines is 1. The van der Waals surface area contributed by atoms with E-state index in [1.807, 2.05) is 20.0 Å². The molecule has 0 atom stereocenters. The Kier molecular flexibility index (Phi) is 6.17. The first-order valence-electron chi connectivity index (χ1n) is 9.87. The van der Waals surface area contributed by atoms with Gasteiger partial charge in [0.05, 0.1) is 11.1 Å². The Morgan fingerprint density at radius 3 is 2.69 bits per heavy atom. The standard InChI is InChI=1S/C22H27FN4O2/c1-5-26(6-2)10-9-24-22(29)20-14(3)12-27(15(20)4)13-18-17-11-16(23)7-8-19(17)25-21(18)28/h7-8,11-13H,5-6,9-10H2,1-4H3,(H,24,29)(H,25,28)/b18-13-. The lowest BCUT2D eigenvalue weighted by atomic mass is 10.1. The molecule has 29 heavy (non-hydrogen) atoms. The van der Waals surface area contributed by atoms with Crippen LogP contribution in [0.1, 0.15) is 41.0 Å². The molecule has 0 aliphatic carbocycles. The smallest absolute Gasteiger partial charge is 0.257 e. The number of aromatic nitrogens is 1. The molecule has 0 saturated carbocycles. The second-order valence-corrected chi connectivity index (χ2v) is 7.15. The number of nitrogens with zero attached hydrogens (tertiary/aromatic N) is 2. The van der Waals surface area contributed by atoms with Gasteiger partial charge in [-0.05, 0) is 50.7 Å². The molecule has 154 valence electrons. The molecule has 1 aromatic carbocycles. The number of hydrogen-bond acceptors (Lipinski definition) is 3. The summed E-state index contributed by atoms with van der Waals surface area (Å²) >= 11 is 0. The summed E-state index contributed by atoms with van der Waals surface area (Å²) in [7, 11) is 0. The lowest BCUT2D eigenvalue weighted by molar-refractivity contribution is -0.110. The predicted molar refractivity (Wildman–Crippen MR) is 113 cm³/mol. The maximum Gasteiger partial charge on any atom is 0.257 e. The Bertz CT molecular complexity index is 973. The van der Waals surface area contributed by atoms with E-state index < -0.39 is 5.82 Å². The number of halogens is 1. The van der Waals surface area contributed by atoms with Gasteiger partial charge in [-0.15, -0.1) is 0 Å². The van der Waals surface area contributed by atoms with E-state index >= 15 is 0 Å². The zero-order valence-electron chi connectivity index (χ0n) is 17.3. The SMILES string of the molecule is CCN(CC)CCNC(=O)c1c(C)cn(/C=C2\C(=O)Nc3ccc(F)cc32)c1C. The van der Waals surface area contributed by atoms with Gasteiger partial charge in [-0.25, -0.2) is 4.39 Å². The molecule has 2 amide bonds. The molecule has 0 saturated heterocycles. The molecule has 0 spiro atoms. The second kappa shape index (κ2) is 8.61. The van der Waals surface area contributed by atoms with Crippen LogP contribution in [0.5, 0.6) is 0 Å². The highest BCUT2D eigenvalue weighted by atomic mass is 19.1. The number of amides is 2. The predicted octanol–water partition coefficient (Wildman–Crippen LogP) is 3.27. The van der Waals surface area contributed by atoms with Crippen molar-refractivity contribution in [2.45, 2.75) is 27.7 Å². The maximum atomic E-state index is 13.7. The highest BCUT2D eigenvalue weighted by Gasteiger charge is 2.25. The first-order chi connectivity index (χ1) is 13.8. The zero-order valence-corrected chi connectivity index (χ0v) is 17.3. The van der Waals surface area contributed by atoms with Crippen molar-refractivity contribution >= 4 is 29.3 Å². The van der Waals surface area contributed by atoms with E-state index in [0.717, 1.165) is 30.9 Å². The molecule has 1 aromatic heterocycles. The van der Waals surface area contributed by atoms with Crippen molar-refractivity contribution < 1.29 is 14.0 Å². The molecule has 0 radical (unpaired) electrons. The Hall–Kier alpha value is -2.93. The highest BCUT2D eigenvalue weighted by Crippen LogP contribution is 2.33. The fraction of sp³-hybridized carbons (Fsp3) is 0.364. The Balaban J connectivity index is 1.83. The molecule has 0 fully saturated rings. The van der Waals surface area contributed by atoms with Crippen molar-refractivity contribution in [2.75, 3.05) is 31.5 Å². The molecule has 2 aromatic rings. The third-order valence-electron chi connectivity index (χ3n) is 5.34. The topological polar surface area (TPSA) is 66.4 Å². The van der Waals surface area contributed by atoms with Crippen LogP contribution >= 0.6 is 0 Å². The van der Waals surface area contributed by atoms with Gasteiger partial charge in [0, 0.05) is 42.4 Å². The van der Waals surface area contributed by atoms with Gasteiger partial charge < -0.3 is 20.1 Å². The fourth-order valence-electron chi connectivity index (χ4n) is 3.65. The van der Waals surface area contributed by atoms with Gasteiger partial charge in [-0.3, -0.25) is 9.59 Å². The minimum absolute atomic E-state index is 0.133.